The van der Waals surface area contributed by atoms with Crippen LogP contribution >= 0.6 is 11.6 Å². The molecule has 0 spiro atoms. The number of hydrogen-bond donors (Lipinski definition) is 1. The van der Waals surface area contributed by atoms with Gasteiger partial charge < -0.3 is 10.1 Å². The maximum absolute atomic E-state index is 6.35. The molecular weight excluding hydrogens is 282 g/mol. The Morgan fingerprint density at radius 2 is 1.90 bits per heavy atom. The number of halogens is 1. The van der Waals surface area contributed by atoms with Gasteiger partial charge in [0.1, 0.15) is 5.75 Å². The number of rotatable bonds is 5. The molecule has 0 aliphatic rings. The third-order valence-electron chi connectivity index (χ3n) is 3.82. The van der Waals surface area contributed by atoms with Gasteiger partial charge in [-0.1, -0.05) is 35.9 Å². The molecule has 1 unspecified atom stereocenters. The minimum atomic E-state index is 0.208. The Morgan fingerprint density at radius 1 is 1.14 bits per heavy atom. The number of hydrogen-bond acceptors (Lipinski definition) is 2. The molecule has 0 radical (unpaired) electrons. The van der Waals surface area contributed by atoms with Gasteiger partial charge in [-0.05, 0) is 61.7 Å². The standard InChI is InChI=1S/C18H22ClNO/c1-12-5-7-14(16(19)9-12)10-17(20-3)15-8-6-13(2)18(11-15)21-4/h5-9,11,17,20H,10H2,1-4H3. The molecular formula is C18H22ClNO. The molecule has 0 saturated heterocycles. The average molecular weight is 304 g/mol. The molecule has 0 saturated carbocycles. The minimum absolute atomic E-state index is 0.208. The lowest BCUT2D eigenvalue weighted by Crippen LogP contribution is -2.19. The largest absolute Gasteiger partial charge is 0.496 e. The van der Waals surface area contributed by atoms with Crippen molar-refractivity contribution in [2.24, 2.45) is 0 Å². The van der Waals surface area contributed by atoms with Crippen molar-refractivity contribution < 1.29 is 4.74 Å². The highest BCUT2D eigenvalue weighted by atomic mass is 35.5. The van der Waals surface area contributed by atoms with E-state index >= 15 is 0 Å². The van der Waals surface area contributed by atoms with Crippen molar-refractivity contribution in [3.05, 3.63) is 63.7 Å². The first kappa shape index (κ1) is 15.9. The molecule has 3 heteroatoms. The van der Waals surface area contributed by atoms with Gasteiger partial charge in [-0.25, -0.2) is 0 Å². The van der Waals surface area contributed by atoms with Crippen LogP contribution in [0.3, 0.4) is 0 Å². The number of nitrogens with one attached hydrogen (secondary N) is 1. The summed E-state index contributed by atoms with van der Waals surface area (Å²) in [7, 11) is 3.68. The van der Waals surface area contributed by atoms with E-state index in [-0.39, 0.29) is 6.04 Å². The Hall–Kier alpha value is -1.51. The fourth-order valence-corrected chi connectivity index (χ4v) is 2.79. The van der Waals surface area contributed by atoms with Gasteiger partial charge in [-0.2, -0.15) is 0 Å². The predicted octanol–water partition coefficient (Wildman–Crippen LogP) is 4.47. The van der Waals surface area contributed by atoms with Crippen molar-refractivity contribution in [2.75, 3.05) is 14.2 Å². The van der Waals surface area contributed by atoms with Gasteiger partial charge >= 0.3 is 0 Å². The van der Waals surface area contributed by atoms with Gasteiger partial charge in [-0.15, -0.1) is 0 Å². The van der Waals surface area contributed by atoms with Crippen LogP contribution in [-0.4, -0.2) is 14.2 Å². The molecule has 1 atom stereocenters. The highest BCUT2D eigenvalue weighted by Gasteiger charge is 2.14. The van der Waals surface area contributed by atoms with Crippen LogP contribution in [0.1, 0.15) is 28.3 Å². The van der Waals surface area contributed by atoms with E-state index < -0.39 is 0 Å². The van der Waals surface area contributed by atoms with Crippen molar-refractivity contribution in [3.8, 4) is 5.75 Å². The first-order valence-corrected chi connectivity index (χ1v) is 7.49. The van der Waals surface area contributed by atoms with E-state index in [2.05, 4.69) is 42.6 Å². The summed E-state index contributed by atoms with van der Waals surface area (Å²) in [5.41, 5.74) is 4.68. The van der Waals surface area contributed by atoms with Crippen LogP contribution in [0.2, 0.25) is 5.02 Å². The second-order valence-corrected chi connectivity index (χ2v) is 5.78. The molecule has 112 valence electrons. The normalized spacial score (nSPS) is 12.2. The van der Waals surface area contributed by atoms with Crippen molar-refractivity contribution in [3.63, 3.8) is 0 Å². The maximum atomic E-state index is 6.35. The summed E-state index contributed by atoms with van der Waals surface area (Å²) in [6, 6.07) is 12.8. The lowest BCUT2D eigenvalue weighted by atomic mass is 9.97. The number of ether oxygens (including phenoxy) is 1. The van der Waals surface area contributed by atoms with E-state index in [1.54, 1.807) is 7.11 Å². The third-order valence-corrected chi connectivity index (χ3v) is 4.17. The molecule has 0 heterocycles. The van der Waals surface area contributed by atoms with Crippen LogP contribution in [0.25, 0.3) is 0 Å². The first-order valence-electron chi connectivity index (χ1n) is 7.12. The molecule has 2 rings (SSSR count). The lowest BCUT2D eigenvalue weighted by Gasteiger charge is -2.19. The number of benzene rings is 2. The molecule has 0 bridgehead atoms. The van der Waals surface area contributed by atoms with E-state index in [0.717, 1.165) is 28.3 Å². The molecule has 21 heavy (non-hydrogen) atoms. The van der Waals surface area contributed by atoms with Crippen molar-refractivity contribution in [1.82, 2.24) is 5.32 Å². The summed E-state index contributed by atoms with van der Waals surface area (Å²) in [6.45, 7) is 4.10. The zero-order valence-electron chi connectivity index (χ0n) is 13.0. The summed E-state index contributed by atoms with van der Waals surface area (Å²) in [5, 5.41) is 4.19. The molecule has 2 aromatic rings. The molecule has 0 amide bonds. The molecule has 2 aromatic carbocycles. The Morgan fingerprint density at radius 3 is 2.52 bits per heavy atom. The SMILES string of the molecule is CNC(Cc1ccc(C)cc1Cl)c1ccc(C)c(OC)c1. The lowest BCUT2D eigenvalue weighted by molar-refractivity contribution is 0.410. The summed E-state index contributed by atoms with van der Waals surface area (Å²) < 4.78 is 5.42. The highest BCUT2D eigenvalue weighted by molar-refractivity contribution is 6.31. The van der Waals surface area contributed by atoms with E-state index in [9.17, 15) is 0 Å². The first-order chi connectivity index (χ1) is 10.0. The highest BCUT2D eigenvalue weighted by Crippen LogP contribution is 2.27. The Balaban J connectivity index is 2.27. The van der Waals surface area contributed by atoms with Gasteiger partial charge in [0.15, 0.2) is 0 Å². The van der Waals surface area contributed by atoms with E-state index in [1.165, 1.54) is 11.1 Å². The van der Waals surface area contributed by atoms with Gasteiger partial charge in [0.2, 0.25) is 0 Å². The Kier molecular flexibility index (Phi) is 5.27. The van der Waals surface area contributed by atoms with Crippen LogP contribution in [0.4, 0.5) is 0 Å². The van der Waals surface area contributed by atoms with Crippen molar-refractivity contribution >= 4 is 11.6 Å². The minimum Gasteiger partial charge on any atom is -0.496 e. The molecule has 0 aromatic heterocycles. The Bertz CT molecular complexity index is 625. The molecule has 0 aliphatic carbocycles. The average Bonchev–Trinajstić information content (AvgIpc) is 2.47. The zero-order valence-corrected chi connectivity index (χ0v) is 13.8. The number of aryl methyl sites for hydroxylation is 2. The quantitative estimate of drug-likeness (QED) is 0.880. The monoisotopic (exact) mass is 303 g/mol. The van der Waals surface area contributed by atoms with Crippen molar-refractivity contribution in [1.29, 1.82) is 0 Å². The van der Waals surface area contributed by atoms with Crippen LogP contribution in [0, 0.1) is 13.8 Å². The number of methoxy groups -OCH3 is 1. The second kappa shape index (κ2) is 6.97. The summed E-state index contributed by atoms with van der Waals surface area (Å²) in [5.74, 6) is 0.919. The molecule has 0 fully saturated rings. The predicted molar refractivity (Wildman–Crippen MR) is 89.4 cm³/mol. The van der Waals surface area contributed by atoms with Crippen molar-refractivity contribution in [2.45, 2.75) is 26.3 Å². The summed E-state index contributed by atoms with van der Waals surface area (Å²) >= 11 is 6.35. The molecule has 0 aliphatic heterocycles. The Labute approximate surface area is 132 Å². The van der Waals surface area contributed by atoms with E-state index in [0.29, 0.717) is 0 Å². The van der Waals surface area contributed by atoms with Crippen LogP contribution < -0.4 is 10.1 Å². The van der Waals surface area contributed by atoms with E-state index in [1.807, 2.05) is 20.0 Å². The fourth-order valence-electron chi connectivity index (χ4n) is 2.48. The number of likely N-dealkylation sites (N-methyl/N-ethyl adjacent to an activating group) is 1. The van der Waals surface area contributed by atoms with Crippen LogP contribution in [0.15, 0.2) is 36.4 Å². The van der Waals surface area contributed by atoms with E-state index in [4.69, 9.17) is 16.3 Å². The zero-order chi connectivity index (χ0) is 15.4. The van der Waals surface area contributed by atoms with Gasteiger partial charge in [-0.3, -0.25) is 0 Å². The summed E-state index contributed by atoms with van der Waals surface area (Å²) in [6.07, 6.45) is 0.849. The van der Waals surface area contributed by atoms with Gasteiger partial charge in [0.25, 0.3) is 0 Å². The fraction of sp³-hybridized carbons (Fsp3) is 0.333. The summed E-state index contributed by atoms with van der Waals surface area (Å²) in [4.78, 5) is 0. The molecule has 2 nitrogen and oxygen atoms in total. The maximum Gasteiger partial charge on any atom is 0.122 e. The van der Waals surface area contributed by atoms with Crippen LogP contribution in [0.5, 0.6) is 5.75 Å². The van der Waals surface area contributed by atoms with Crippen LogP contribution in [-0.2, 0) is 6.42 Å². The topological polar surface area (TPSA) is 21.3 Å². The van der Waals surface area contributed by atoms with Gasteiger partial charge in [0, 0.05) is 11.1 Å². The van der Waals surface area contributed by atoms with Gasteiger partial charge in [0.05, 0.1) is 7.11 Å². The molecule has 1 N–H and O–H groups in total. The smallest absolute Gasteiger partial charge is 0.122 e. The second-order valence-electron chi connectivity index (χ2n) is 5.37. The third kappa shape index (κ3) is 3.78.